The molecule has 0 radical (unpaired) electrons. The summed E-state index contributed by atoms with van der Waals surface area (Å²) in [5.41, 5.74) is -0.0119. The highest BCUT2D eigenvalue weighted by molar-refractivity contribution is 7.91. The third-order valence-electron chi connectivity index (χ3n) is 4.17. The molecule has 0 saturated heterocycles. The molecule has 0 amide bonds. The topological polar surface area (TPSA) is 67.5 Å². The summed E-state index contributed by atoms with van der Waals surface area (Å²) in [5, 5.41) is 9.81. The number of sulfone groups is 1. The fourth-order valence-corrected chi connectivity index (χ4v) is 4.55. The molecule has 0 aliphatic rings. The molecule has 1 N–H and O–H groups in total. The Labute approximate surface area is 148 Å². The molecule has 0 saturated carbocycles. The van der Waals surface area contributed by atoms with Crippen molar-refractivity contribution in [2.24, 2.45) is 0 Å². The van der Waals surface area contributed by atoms with Crippen LogP contribution in [-0.4, -0.2) is 13.5 Å². The van der Waals surface area contributed by atoms with E-state index in [2.05, 4.69) is 0 Å². The van der Waals surface area contributed by atoms with Crippen LogP contribution in [0.2, 0.25) is 0 Å². The van der Waals surface area contributed by atoms with Crippen LogP contribution in [-0.2, 0) is 15.4 Å². The smallest absolute Gasteiger partial charge is 0.240 e. The van der Waals surface area contributed by atoms with Gasteiger partial charge >= 0.3 is 0 Å². The van der Waals surface area contributed by atoms with Crippen LogP contribution in [0.1, 0.15) is 70.1 Å². The highest BCUT2D eigenvalue weighted by atomic mass is 32.2. The van der Waals surface area contributed by atoms with E-state index in [4.69, 9.17) is 4.42 Å². The molecule has 2 aromatic rings. The summed E-state index contributed by atoms with van der Waals surface area (Å²) in [6.07, 6.45) is 1.24. The van der Waals surface area contributed by atoms with Crippen LogP contribution < -0.4 is 0 Å². The third kappa shape index (κ3) is 3.80. The molecule has 4 nitrogen and oxygen atoms in total. The summed E-state index contributed by atoms with van der Waals surface area (Å²) in [6, 6.07) is 3.86. The zero-order chi connectivity index (χ0) is 19.2. The van der Waals surface area contributed by atoms with Crippen molar-refractivity contribution in [1.29, 1.82) is 0 Å². The first-order valence-corrected chi connectivity index (χ1v) is 9.73. The van der Waals surface area contributed by atoms with Crippen molar-refractivity contribution < 1.29 is 22.3 Å². The van der Waals surface area contributed by atoms with E-state index in [0.29, 0.717) is 16.7 Å². The fraction of sp³-hybridized carbons (Fsp3) is 0.474. The van der Waals surface area contributed by atoms with Gasteiger partial charge in [-0.15, -0.1) is 0 Å². The maximum Gasteiger partial charge on any atom is 0.240 e. The summed E-state index contributed by atoms with van der Waals surface area (Å²) < 4.78 is 45.8. The maximum absolute atomic E-state index is 14.0. The SMILES string of the molecule is CC(C)c1cc(F)cc(C(C)C)c1S(=O)(=O)c1cc(C(C)(C)O)co1. The van der Waals surface area contributed by atoms with E-state index >= 15 is 0 Å². The lowest BCUT2D eigenvalue weighted by Gasteiger charge is -2.19. The van der Waals surface area contributed by atoms with Gasteiger partial charge in [0.15, 0.2) is 0 Å². The van der Waals surface area contributed by atoms with Gasteiger partial charge in [0.2, 0.25) is 14.9 Å². The fourth-order valence-electron chi connectivity index (χ4n) is 2.68. The molecule has 1 aromatic carbocycles. The van der Waals surface area contributed by atoms with Crippen LogP contribution in [0, 0.1) is 5.82 Å². The normalized spacial score (nSPS) is 13.0. The number of rotatable bonds is 5. The molecule has 0 aliphatic heterocycles. The molecule has 0 spiro atoms. The summed E-state index contributed by atoms with van der Waals surface area (Å²) in [7, 11) is -3.99. The summed E-state index contributed by atoms with van der Waals surface area (Å²) >= 11 is 0. The highest BCUT2D eigenvalue weighted by Gasteiger charge is 2.32. The van der Waals surface area contributed by atoms with E-state index in [1.807, 2.05) is 27.7 Å². The number of aliphatic hydroxyl groups is 1. The molecule has 0 atom stereocenters. The van der Waals surface area contributed by atoms with Crippen LogP contribution in [0.15, 0.2) is 38.9 Å². The lowest BCUT2D eigenvalue weighted by Crippen LogP contribution is -2.14. The first kappa shape index (κ1) is 19.7. The van der Waals surface area contributed by atoms with E-state index < -0.39 is 21.3 Å². The minimum absolute atomic E-state index is 0.0931. The first-order chi connectivity index (χ1) is 11.4. The second kappa shape index (κ2) is 6.57. The van der Waals surface area contributed by atoms with Crippen molar-refractivity contribution in [3.63, 3.8) is 0 Å². The minimum Gasteiger partial charge on any atom is -0.452 e. The van der Waals surface area contributed by atoms with Crippen LogP contribution in [0.3, 0.4) is 0 Å². The van der Waals surface area contributed by atoms with Gasteiger partial charge < -0.3 is 9.52 Å². The second-order valence-electron chi connectivity index (χ2n) is 7.44. The maximum atomic E-state index is 14.0. The predicted molar refractivity (Wildman–Crippen MR) is 94.0 cm³/mol. The number of furan rings is 1. The number of halogens is 1. The summed E-state index contributed by atoms with van der Waals surface area (Å²) in [4.78, 5) is 0.0931. The Morgan fingerprint density at radius 2 is 1.52 bits per heavy atom. The number of benzene rings is 1. The van der Waals surface area contributed by atoms with Crippen LogP contribution in [0.5, 0.6) is 0 Å². The van der Waals surface area contributed by atoms with Gasteiger partial charge in [0.1, 0.15) is 5.82 Å². The van der Waals surface area contributed by atoms with Crippen molar-refractivity contribution in [3.8, 4) is 0 Å². The van der Waals surface area contributed by atoms with Crippen molar-refractivity contribution in [1.82, 2.24) is 0 Å². The van der Waals surface area contributed by atoms with Crippen molar-refractivity contribution in [2.75, 3.05) is 0 Å². The predicted octanol–water partition coefficient (Wildman–Crippen LogP) is 4.73. The Balaban J connectivity index is 2.77. The van der Waals surface area contributed by atoms with Crippen molar-refractivity contribution >= 4 is 9.84 Å². The highest BCUT2D eigenvalue weighted by Crippen LogP contribution is 2.37. The van der Waals surface area contributed by atoms with Crippen molar-refractivity contribution in [3.05, 3.63) is 47.0 Å². The van der Waals surface area contributed by atoms with Gasteiger partial charge in [-0.2, -0.15) is 0 Å². The minimum atomic E-state index is -3.99. The number of hydrogen-bond acceptors (Lipinski definition) is 4. The van der Waals surface area contributed by atoms with Gasteiger partial charge in [-0.1, -0.05) is 27.7 Å². The Bertz CT molecular complexity index is 842. The Hall–Kier alpha value is -1.66. The Morgan fingerprint density at radius 3 is 1.88 bits per heavy atom. The van der Waals surface area contributed by atoms with E-state index in [1.54, 1.807) is 13.8 Å². The van der Waals surface area contributed by atoms with Gasteiger partial charge in [0.05, 0.1) is 16.8 Å². The lowest BCUT2D eigenvalue weighted by atomic mass is 9.95. The van der Waals surface area contributed by atoms with Gasteiger partial charge in [0.25, 0.3) is 0 Å². The molecule has 2 rings (SSSR count). The molecule has 1 heterocycles. The Morgan fingerprint density at radius 1 is 1.04 bits per heavy atom. The molecule has 25 heavy (non-hydrogen) atoms. The van der Waals surface area contributed by atoms with Crippen molar-refractivity contribution in [2.45, 2.75) is 69.0 Å². The molecule has 0 bridgehead atoms. The molecule has 138 valence electrons. The van der Waals surface area contributed by atoms with E-state index in [0.717, 1.165) is 0 Å². The largest absolute Gasteiger partial charge is 0.452 e. The zero-order valence-corrected chi connectivity index (χ0v) is 16.2. The average molecular weight is 368 g/mol. The molecular weight excluding hydrogens is 343 g/mol. The first-order valence-electron chi connectivity index (χ1n) is 8.25. The molecule has 1 aromatic heterocycles. The van der Waals surface area contributed by atoms with E-state index in [9.17, 15) is 17.9 Å². The second-order valence-corrected chi connectivity index (χ2v) is 9.26. The molecule has 0 aliphatic carbocycles. The van der Waals surface area contributed by atoms with Crippen LogP contribution >= 0.6 is 0 Å². The van der Waals surface area contributed by atoms with E-state index in [1.165, 1.54) is 24.5 Å². The third-order valence-corrected chi connectivity index (χ3v) is 5.92. The van der Waals surface area contributed by atoms with Gasteiger partial charge in [0, 0.05) is 11.6 Å². The number of hydrogen-bond donors (Lipinski definition) is 1. The lowest BCUT2D eigenvalue weighted by molar-refractivity contribution is 0.0779. The van der Waals surface area contributed by atoms with Gasteiger partial charge in [-0.05, 0) is 48.9 Å². The molecule has 0 fully saturated rings. The molecular formula is C19H25FO4S. The standard InChI is InChI=1S/C19H25FO4S/c1-11(2)15-8-14(20)9-16(12(3)4)18(15)25(22,23)17-7-13(10-24-17)19(5,6)21/h7-12,21H,1-6H3. The zero-order valence-electron chi connectivity index (χ0n) is 15.4. The molecule has 6 heteroatoms. The quantitative estimate of drug-likeness (QED) is 0.775. The van der Waals surface area contributed by atoms with Crippen LogP contribution in [0.25, 0.3) is 0 Å². The summed E-state index contributed by atoms with van der Waals surface area (Å²) in [6.45, 7) is 10.4. The average Bonchev–Trinajstić information content (AvgIpc) is 2.96. The summed E-state index contributed by atoms with van der Waals surface area (Å²) in [5.74, 6) is -0.814. The van der Waals surface area contributed by atoms with Crippen LogP contribution in [0.4, 0.5) is 4.39 Å². The molecule has 0 unspecified atom stereocenters. The van der Waals surface area contributed by atoms with Gasteiger partial charge in [-0.25, -0.2) is 12.8 Å². The van der Waals surface area contributed by atoms with Gasteiger partial charge in [-0.3, -0.25) is 0 Å². The monoisotopic (exact) mass is 368 g/mol. The van der Waals surface area contributed by atoms with E-state index in [-0.39, 0.29) is 21.8 Å². The Kier molecular flexibility index (Phi) is 5.17.